The maximum atomic E-state index is 15.6. The Morgan fingerprint density at radius 3 is 1.28 bits per heavy atom. The molecular formula is C66H50F6N8O8. The van der Waals surface area contributed by atoms with Crippen LogP contribution in [0.5, 0.6) is 11.8 Å². The van der Waals surface area contributed by atoms with Gasteiger partial charge in [-0.1, -0.05) is 38.1 Å². The maximum Gasteiger partial charge on any atom is 0.335 e. The lowest BCUT2D eigenvalue weighted by Gasteiger charge is -2.20. The second-order valence-electron chi connectivity index (χ2n) is 21.3. The molecule has 4 atom stereocenters. The van der Waals surface area contributed by atoms with E-state index in [0.29, 0.717) is 60.1 Å². The Morgan fingerprint density at radius 2 is 0.920 bits per heavy atom. The van der Waals surface area contributed by atoms with Gasteiger partial charge in [0.25, 0.3) is 0 Å². The van der Waals surface area contributed by atoms with Crippen LogP contribution in [0.2, 0.25) is 0 Å². The molecule has 2 saturated heterocycles. The van der Waals surface area contributed by atoms with E-state index in [-0.39, 0.29) is 129 Å². The van der Waals surface area contributed by atoms with Crippen molar-refractivity contribution in [2.45, 2.75) is 52.0 Å². The van der Waals surface area contributed by atoms with E-state index in [9.17, 15) is 28.6 Å². The zero-order chi connectivity index (χ0) is 61.9. The molecule has 2 N–H and O–H groups in total. The van der Waals surface area contributed by atoms with E-state index in [1.165, 1.54) is 72.8 Å². The summed E-state index contributed by atoms with van der Waals surface area (Å²) in [5.41, 5.74) is 3.44. The normalized spacial score (nSPS) is 16.2. The summed E-state index contributed by atoms with van der Waals surface area (Å²) in [6, 6.07) is 34.1. The van der Waals surface area contributed by atoms with E-state index in [0.717, 1.165) is 36.4 Å². The predicted molar refractivity (Wildman–Crippen MR) is 307 cm³/mol. The van der Waals surface area contributed by atoms with Crippen molar-refractivity contribution in [1.29, 1.82) is 10.5 Å². The summed E-state index contributed by atoms with van der Waals surface area (Å²) in [5.74, 6) is -4.86. The Hall–Kier alpha value is -10.4. The molecule has 6 heterocycles. The minimum Gasteiger partial charge on any atom is -0.478 e. The molecule has 0 radical (unpaired) electrons. The van der Waals surface area contributed by atoms with Gasteiger partial charge in [0.15, 0.2) is 0 Å². The predicted octanol–water partition coefficient (Wildman–Crippen LogP) is 12.9. The number of aromatic carboxylic acids is 2. The van der Waals surface area contributed by atoms with Crippen molar-refractivity contribution in [3.8, 4) is 46.4 Å². The standard InChI is InChI=1S/2C33H25F3N4O4/c2*1-18-15-43-17-30(18)40-29-11-20(33(41)42)7-8-28(29)38-31(40)12-22-10-26(36)23(13-25(22)35)27-3-2-4-32(39-27)44-16-21-6-5-19(14-37)9-24(21)34/h2*2-11,13,18,30H,12,15-17H2,1H3,(H,41,42)/t2*18-,30+/m00/s1. The fourth-order valence-electron chi connectivity index (χ4n) is 10.7. The Balaban J connectivity index is 0.000000182. The number of hydrogen-bond donors (Lipinski definition) is 2. The molecule has 2 aliphatic heterocycles. The third-order valence-corrected chi connectivity index (χ3v) is 15.4. The van der Waals surface area contributed by atoms with Crippen molar-refractivity contribution in [1.82, 2.24) is 29.1 Å². The molecular weight excluding hydrogens is 1150 g/mol. The van der Waals surface area contributed by atoms with Crippen LogP contribution in [0, 0.1) is 69.4 Å². The zero-order valence-corrected chi connectivity index (χ0v) is 46.9. The Kier molecular flexibility index (Phi) is 17.0. The first-order valence-corrected chi connectivity index (χ1v) is 27.6. The maximum absolute atomic E-state index is 15.6. The number of fused-ring (bicyclic) bond motifs is 2. The van der Waals surface area contributed by atoms with E-state index in [2.05, 4.69) is 19.9 Å². The summed E-state index contributed by atoms with van der Waals surface area (Å²) < 4.78 is 117. The van der Waals surface area contributed by atoms with Crippen molar-refractivity contribution >= 4 is 34.0 Å². The van der Waals surface area contributed by atoms with Crippen LogP contribution >= 0.6 is 0 Å². The largest absolute Gasteiger partial charge is 0.478 e. The zero-order valence-electron chi connectivity index (χ0n) is 46.9. The highest BCUT2D eigenvalue weighted by molar-refractivity contribution is 5.93. The molecule has 16 nitrogen and oxygen atoms in total. The molecule has 12 rings (SSSR count). The lowest BCUT2D eigenvalue weighted by Crippen LogP contribution is -2.18. The van der Waals surface area contributed by atoms with Crippen molar-refractivity contribution in [2.24, 2.45) is 11.8 Å². The first kappa shape index (κ1) is 59.3. The van der Waals surface area contributed by atoms with Crippen molar-refractivity contribution in [3.63, 3.8) is 0 Å². The van der Waals surface area contributed by atoms with Gasteiger partial charge >= 0.3 is 11.9 Å². The smallest absolute Gasteiger partial charge is 0.335 e. The van der Waals surface area contributed by atoms with Crippen molar-refractivity contribution in [2.75, 3.05) is 26.4 Å². The molecule has 0 spiro atoms. The van der Waals surface area contributed by atoms with E-state index >= 15 is 17.6 Å². The van der Waals surface area contributed by atoms with Crippen LogP contribution in [0.25, 0.3) is 44.6 Å². The number of halogens is 6. The Bertz CT molecular complexity index is 4180. The summed E-state index contributed by atoms with van der Waals surface area (Å²) in [7, 11) is 0. The second kappa shape index (κ2) is 25.3. The molecule has 0 amide bonds. The van der Waals surface area contributed by atoms with Crippen molar-refractivity contribution < 1.29 is 65.1 Å². The Morgan fingerprint density at radius 1 is 0.511 bits per heavy atom. The monoisotopic (exact) mass is 1200 g/mol. The molecule has 444 valence electrons. The topological polar surface area (TPSA) is 221 Å². The first-order valence-electron chi connectivity index (χ1n) is 27.6. The molecule has 2 aliphatic rings. The number of hydrogen-bond acceptors (Lipinski definition) is 12. The van der Waals surface area contributed by atoms with Crippen LogP contribution in [0.1, 0.15) is 91.7 Å². The van der Waals surface area contributed by atoms with Crippen molar-refractivity contribution in [3.05, 3.63) is 225 Å². The lowest BCUT2D eigenvalue weighted by atomic mass is 10.0. The van der Waals surface area contributed by atoms with Crippen LogP contribution in [0.15, 0.2) is 133 Å². The number of benzene rings is 6. The van der Waals surface area contributed by atoms with E-state index in [4.69, 9.17) is 29.5 Å². The van der Waals surface area contributed by atoms with Gasteiger partial charge in [-0.2, -0.15) is 10.5 Å². The van der Waals surface area contributed by atoms with Gasteiger partial charge in [-0.3, -0.25) is 0 Å². The number of ether oxygens (including phenoxy) is 4. The van der Waals surface area contributed by atoms with Gasteiger partial charge in [0.05, 0.1) is 106 Å². The van der Waals surface area contributed by atoms with Gasteiger partial charge in [0, 0.05) is 59.1 Å². The second-order valence-corrected chi connectivity index (χ2v) is 21.3. The minimum atomic E-state index is -1.08. The molecule has 0 unspecified atom stereocenters. The number of pyridine rings is 2. The van der Waals surface area contributed by atoms with Crippen LogP contribution in [-0.2, 0) is 35.5 Å². The van der Waals surface area contributed by atoms with Gasteiger partial charge in [0.2, 0.25) is 11.8 Å². The summed E-state index contributed by atoms with van der Waals surface area (Å²) in [4.78, 5) is 41.2. The molecule has 4 aromatic heterocycles. The third kappa shape index (κ3) is 12.5. The minimum absolute atomic E-state index is 0.0456. The highest BCUT2D eigenvalue weighted by atomic mass is 19.1. The highest BCUT2D eigenvalue weighted by Gasteiger charge is 2.32. The molecule has 88 heavy (non-hydrogen) atoms. The molecule has 6 aromatic carbocycles. The lowest BCUT2D eigenvalue weighted by molar-refractivity contribution is 0.0686. The number of nitriles is 2. The van der Waals surface area contributed by atoms with E-state index in [1.807, 2.05) is 35.1 Å². The fraction of sp³-hybridized carbons (Fsp3) is 0.212. The van der Waals surface area contributed by atoms with Gasteiger partial charge in [0.1, 0.15) is 59.8 Å². The third-order valence-electron chi connectivity index (χ3n) is 15.4. The molecule has 2 fully saturated rings. The molecule has 10 aromatic rings. The number of rotatable bonds is 16. The van der Waals surface area contributed by atoms with Crippen LogP contribution in [0.3, 0.4) is 0 Å². The van der Waals surface area contributed by atoms with Crippen LogP contribution in [0.4, 0.5) is 26.3 Å². The molecule has 22 heteroatoms. The number of imidazole rings is 2. The highest BCUT2D eigenvalue weighted by Crippen LogP contribution is 2.36. The number of aromatic nitrogens is 6. The average molecular weight is 1200 g/mol. The van der Waals surface area contributed by atoms with E-state index < -0.39 is 46.8 Å². The van der Waals surface area contributed by atoms with Crippen LogP contribution in [-0.4, -0.2) is 77.6 Å². The number of carboxylic acids is 2. The van der Waals surface area contributed by atoms with E-state index in [1.54, 1.807) is 24.3 Å². The average Bonchev–Trinajstić information content (AvgIpc) is 3.14. The quantitative estimate of drug-likeness (QED) is 0.0860. The molecule has 0 aliphatic carbocycles. The van der Waals surface area contributed by atoms with Gasteiger partial charge in [-0.15, -0.1) is 0 Å². The Labute approximate surface area is 498 Å². The molecule has 0 saturated carbocycles. The van der Waals surface area contributed by atoms with Crippen LogP contribution < -0.4 is 9.47 Å². The summed E-state index contributed by atoms with van der Waals surface area (Å²) in [6.45, 7) is 5.46. The SMILES string of the molecule is C[C@H]1COC[C@H]1n1c(Cc2cc(F)c(-c3cccc(OCc4ccc(C#N)cc4F)n3)cc2F)nc2ccc(C(=O)O)cc21.C[C@H]1COC[C@H]1n1c(Cc2cc(F)c(-c3cccc(OCc4ccc(C#N)cc4F)n3)cc2F)nc2ccc(C(=O)O)cc21. The number of nitrogens with zero attached hydrogens (tertiary/aromatic N) is 8. The molecule has 0 bridgehead atoms. The number of carboxylic acid groups (broad SMARTS) is 2. The van der Waals surface area contributed by atoms with Gasteiger partial charge in [-0.05, 0) is 108 Å². The fourth-order valence-corrected chi connectivity index (χ4v) is 10.7. The first-order chi connectivity index (χ1) is 42.4. The van der Waals surface area contributed by atoms with Gasteiger partial charge in [-0.25, -0.2) is 55.9 Å². The van der Waals surface area contributed by atoms with Gasteiger partial charge < -0.3 is 38.3 Å². The summed E-state index contributed by atoms with van der Waals surface area (Å²) >= 11 is 0. The number of carbonyl (C=O) groups is 2. The summed E-state index contributed by atoms with van der Waals surface area (Å²) in [6.07, 6.45) is -0.0911. The summed E-state index contributed by atoms with van der Waals surface area (Å²) in [5, 5.41) is 36.9.